The summed E-state index contributed by atoms with van der Waals surface area (Å²) in [7, 11) is 0. The minimum Gasteiger partial charge on any atom is -0.493 e. The molecule has 0 fully saturated rings. The van der Waals surface area contributed by atoms with Gasteiger partial charge in [0.2, 0.25) is 0 Å². The predicted molar refractivity (Wildman–Crippen MR) is 112 cm³/mol. The van der Waals surface area contributed by atoms with Gasteiger partial charge in [0.05, 0.1) is 36.9 Å². The Morgan fingerprint density at radius 1 is 1.13 bits per heavy atom. The Morgan fingerprint density at radius 2 is 1.97 bits per heavy atom. The summed E-state index contributed by atoms with van der Waals surface area (Å²) in [5.41, 5.74) is 2.04. The molecule has 1 atom stereocenters. The maximum atomic E-state index is 10.8. The number of ether oxygens (including phenoxy) is 1. The van der Waals surface area contributed by atoms with Crippen molar-refractivity contribution in [3.8, 4) is 5.75 Å². The zero-order valence-corrected chi connectivity index (χ0v) is 16.3. The molecule has 30 heavy (non-hydrogen) atoms. The average Bonchev–Trinajstić information content (AvgIpc) is 3.30. The van der Waals surface area contributed by atoms with E-state index in [1.54, 1.807) is 18.4 Å². The average molecular weight is 406 g/mol. The van der Waals surface area contributed by atoms with E-state index in [1.165, 1.54) is 12.1 Å². The second-order valence-corrected chi connectivity index (χ2v) is 6.89. The van der Waals surface area contributed by atoms with Gasteiger partial charge in [-0.05, 0) is 23.8 Å². The molecular formula is C22H22N4O4. The van der Waals surface area contributed by atoms with Gasteiger partial charge in [0, 0.05) is 24.1 Å². The molecule has 0 radical (unpaired) electrons. The van der Waals surface area contributed by atoms with E-state index >= 15 is 0 Å². The van der Waals surface area contributed by atoms with Crippen LogP contribution in [-0.4, -0.2) is 17.5 Å². The molecule has 2 N–H and O–H groups in total. The van der Waals surface area contributed by atoms with Gasteiger partial charge in [-0.15, -0.1) is 0 Å². The van der Waals surface area contributed by atoms with Crippen LogP contribution in [0.4, 0.5) is 5.69 Å². The number of benzene rings is 2. The second kappa shape index (κ2) is 9.13. The Kier molecular flexibility index (Phi) is 5.93. The number of nitrogens with zero attached hydrogens (tertiary/aromatic N) is 2. The lowest BCUT2D eigenvalue weighted by Gasteiger charge is -2.28. The van der Waals surface area contributed by atoms with Crippen LogP contribution in [0.1, 0.15) is 29.3 Å². The SMILES string of the molecule is O=[N+]([O-])c1ccc(CN=C(NCc2ccco2)NC2CCOc3ccccc32)cc1. The summed E-state index contributed by atoms with van der Waals surface area (Å²) < 4.78 is 11.1. The Balaban J connectivity index is 1.50. The number of aliphatic imine (C=N–C) groups is 1. The molecule has 0 bridgehead atoms. The molecule has 2 aromatic carbocycles. The molecule has 0 saturated carbocycles. The standard InChI is InChI=1S/C22H22N4O4/c27-26(28)17-9-7-16(8-10-17)14-23-22(24-15-18-4-3-12-29-18)25-20-11-13-30-21-6-2-1-5-19(20)21/h1-10,12,20H,11,13-15H2,(H2,23,24,25). The van der Waals surface area contributed by atoms with Crippen LogP contribution in [0.25, 0.3) is 0 Å². The molecular weight excluding hydrogens is 384 g/mol. The first-order valence-electron chi connectivity index (χ1n) is 9.71. The highest BCUT2D eigenvalue weighted by molar-refractivity contribution is 5.80. The normalized spacial score (nSPS) is 15.7. The van der Waals surface area contributed by atoms with Crippen molar-refractivity contribution in [3.05, 3.63) is 93.9 Å². The highest BCUT2D eigenvalue weighted by atomic mass is 16.6. The fourth-order valence-electron chi connectivity index (χ4n) is 3.29. The van der Waals surface area contributed by atoms with Crippen molar-refractivity contribution in [2.75, 3.05) is 6.61 Å². The van der Waals surface area contributed by atoms with Gasteiger partial charge < -0.3 is 19.8 Å². The minimum atomic E-state index is -0.409. The highest BCUT2D eigenvalue weighted by Gasteiger charge is 2.22. The number of non-ortho nitro benzene ring substituents is 1. The van der Waals surface area contributed by atoms with Crippen molar-refractivity contribution in [3.63, 3.8) is 0 Å². The van der Waals surface area contributed by atoms with Gasteiger partial charge in [-0.1, -0.05) is 30.3 Å². The highest BCUT2D eigenvalue weighted by Crippen LogP contribution is 2.31. The molecule has 4 rings (SSSR count). The summed E-state index contributed by atoms with van der Waals surface area (Å²) in [5, 5.41) is 17.6. The van der Waals surface area contributed by atoms with E-state index in [4.69, 9.17) is 9.15 Å². The number of nitro groups is 1. The van der Waals surface area contributed by atoms with E-state index in [-0.39, 0.29) is 11.7 Å². The molecule has 2 heterocycles. The van der Waals surface area contributed by atoms with Crippen molar-refractivity contribution < 1.29 is 14.1 Å². The first-order valence-corrected chi connectivity index (χ1v) is 9.71. The zero-order chi connectivity index (χ0) is 20.8. The largest absolute Gasteiger partial charge is 0.493 e. The van der Waals surface area contributed by atoms with Crippen molar-refractivity contribution >= 4 is 11.6 Å². The van der Waals surface area contributed by atoms with Crippen LogP contribution >= 0.6 is 0 Å². The maximum absolute atomic E-state index is 10.8. The molecule has 154 valence electrons. The van der Waals surface area contributed by atoms with Crippen LogP contribution in [0.2, 0.25) is 0 Å². The summed E-state index contributed by atoms with van der Waals surface area (Å²) in [6.07, 6.45) is 2.45. The summed E-state index contributed by atoms with van der Waals surface area (Å²) in [4.78, 5) is 15.1. The monoisotopic (exact) mass is 406 g/mol. The number of fused-ring (bicyclic) bond motifs is 1. The molecule has 8 nitrogen and oxygen atoms in total. The molecule has 8 heteroatoms. The van der Waals surface area contributed by atoms with Crippen LogP contribution in [0.15, 0.2) is 76.3 Å². The quantitative estimate of drug-likeness (QED) is 0.278. The third-order valence-electron chi connectivity index (χ3n) is 4.85. The fourth-order valence-corrected chi connectivity index (χ4v) is 3.29. The Labute approximate surface area is 173 Å². The van der Waals surface area contributed by atoms with Crippen LogP contribution in [-0.2, 0) is 13.1 Å². The smallest absolute Gasteiger partial charge is 0.269 e. The maximum Gasteiger partial charge on any atom is 0.269 e. The summed E-state index contributed by atoms with van der Waals surface area (Å²) in [6, 6.07) is 18.2. The van der Waals surface area contributed by atoms with Gasteiger partial charge in [0.15, 0.2) is 5.96 Å². The Morgan fingerprint density at radius 3 is 2.73 bits per heavy atom. The fraction of sp³-hybridized carbons (Fsp3) is 0.227. The van der Waals surface area contributed by atoms with Crippen molar-refractivity contribution in [2.24, 2.45) is 4.99 Å². The van der Waals surface area contributed by atoms with Crippen molar-refractivity contribution in [1.29, 1.82) is 0 Å². The van der Waals surface area contributed by atoms with Gasteiger partial charge >= 0.3 is 0 Å². The number of hydrogen-bond donors (Lipinski definition) is 2. The molecule has 0 amide bonds. The summed E-state index contributed by atoms with van der Waals surface area (Å²) in [6.45, 7) is 1.50. The van der Waals surface area contributed by atoms with Crippen molar-refractivity contribution in [1.82, 2.24) is 10.6 Å². The third-order valence-corrected chi connectivity index (χ3v) is 4.85. The number of nitrogens with one attached hydrogen (secondary N) is 2. The van der Waals surface area contributed by atoms with Crippen LogP contribution in [0, 0.1) is 10.1 Å². The molecule has 0 saturated heterocycles. The number of rotatable bonds is 6. The van der Waals surface area contributed by atoms with Gasteiger partial charge in [0.1, 0.15) is 11.5 Å². The topological polar surface area (TPSA) is 102 Å². The van der Waals surface area contributed by atoms with E-state index < -0.39 is 4.92 Å². The molecule has 1 aliphatic heterocycles. The lowest BCUT2D eigenvalue weighted by molar-refractivity contribution is -0.384. The number of hydrogen-bond acceptors (Lipinski definition) is 5. The van der Waals surface area contributed by atoms with Crippen LogP contribution in [0.3, 0.4) is 0 Å². The Bertz CT molecular complexity index is 1020. The first kappa shape index (κ1) is 19.5. The summed E-state index contributed by atoms with van der Waals surface area (Å²) in [5.74, 6) is 2.31. The minimum absolute atomic E-state index is 0.0645. The number of furan rings is 1. The van der Waals surface area contributed by atoms with E-state index in [0.29, 0.717) is 25.7 Å². The van der Waals surface area contributed by atoms with E-state index in [9.17, 15) is 10.1 Å². The predicted octanol–water partition coefficient (Wildman–Crippen LogP) is 3.95. The van der Waals surface area contributed by atoms with Gasteiger partial charge in [0.25, 0.3) is 5.69 Å². The van der Waals surface area contributed by atoms with Crippen molar-refractivity contribution in [2.45, 2.75) is 25.6 Å². The van der Waals surface area contributed by atoms with Crippen LogP contribution in [0.5, 0.6) is 5.75 Å². The van der Waals surface area contributed by atoms with E-state index in [1.807, 2.05) is 36.4 Å². The molecule has 3 aromatic rings. The summed E-state index contributed by atoms with van der Waals surface area (Å²) >= 11 is 0. The third kappa shape index (κ3) is 4.78. The lowest BCUT2D eigenvalue weighted by Crippen LogP contribution is -2.40. The Hall–Kier alpha value is -3.81. The number of nitro benzene ring substituents is 1. The molecule has 1 unspecified atom stereocenters. The molecule has 0 aliphatic carbocycles. The zero-order valence-electron chi connectivity index (χ0n) is 16.3. The lowest BCUT2D eigenvalue weighted by atomic mass is 10.0. The van der Waals surface area contributed by atoms with Gasteiger partial charge in [-0.25, -0.2) is 4.99 Å². The number of para-hydroxylation sites is 1. The second-order valence-electron chi connectivity index (χ2n) is 6.89. The van der Waals surface area contributed by atoms with Gasteiger partial charge in [-0.3, -0.25) is 10.1 Å². The van der Waals surface area contributed by atoms with E-state index in [2.05, 4.69) is 15.6 Å². The van der Waals surface area contributed by atoms with Crippen LogP contribution < -0.4 is 15.4 Å². The molecule has 1 aromatic heterocycles. The first-order chi connectivity index (χ1) is 14.7. The molecule has 0 spiro atoms. The van der Waals surface area contributed by atoms with Gasteiger partial charge in [-0.2, -0.15) is 0 Å². The number of guanidine groups is 1. The van der Waals surface area contributed by atoms with E-state index in [0.717, 1.165) is 29.1 Å². The molecule has 1 aliphatic rings.